The molecule has 1 N–H and O–H groups in total. The molecule has 2 rings (SSSR count). The van der Waals surface area contributed by atoms with Crippen molar-refractivity contribution < 1.29 is 13.6 Å². The first kappa shape index (κ1) is 14.8. The highest BCUT2D eigenvalue weighted by atomic mass is 79.9. The molecular weight excluding hydrogens is 325 g/mol. The Morgan fingerprint density at radius 2 is 1.90 bits per heavy atom. The van der Waals surface area contributed by atoms with Gasteiger partial charge in [0.1, 0.15) is 5.82 Å². The van der Waals surface area contributed by atoms with Gasteiger partial charge in [-0.25, -0.2) is 4.39 Å². The molecule has 1 unspecified atom stereocenters. The quantitative estimate of drug-likeness (QED) is 0.901. The van der Waals surface area contributed by atoms with Gasteiger partial charge in [0.15, 0.2) is 4.67 Å². The number of halogens is 2. The van der Waals surface area contributed by atoms with Crippen LogP contribution in [0.2, 0.25) is 0 Å². The van der Waals surface area contributed by atoms with Gasteiger partial charge in [0.05, 0.1) is 17.9 Å². The van der Waals surface area contributed by atoms with Crippen LogP contribution in [0.5, 0.6) is 0 Å². The van der Waals surface area contributed by atoms with Gasteiger partial charge in [-0.2, -0.15) is 0 Å². The smallest absolute Gasteiger partial charge is 0.256 e. The molecule has 1 amide bonds. The SMILES string of the molecule is CC(C)C(NC(=O)c1ccoc1Br)c1ccc(F)cc1. The maximum absolute atomic E-state index is 13.0. The zero-order valence-electron chi connectivity index (χ0n) is 11.2. The Kier molecular flexibility index (Phi) is 4.60. The Labute approximate surface area is 125 Å². The van der Waals surface area contributed by atoms with Crippen molar-refractivity contribution >= 4 is 21.8 Å². The van der Waals surface area contributed by atoms with Crippen molar-refractivity contribution in [1.82, 2.24) is 5.32 Å². The van der Waals surface area contributed by atoms with Crippen LogP contribution < -0.4 is 5.32 Å². The molecule has 0 aliphatic heterocycles. The fraction of sp³-hybridized carbons (Fsp3) is 0.267. The van der Waals surface area contributed by atoms with Crippen LogP contribution in [0.4, 0.5) is 4.39 Å². The van der Waals surface area contributed by atoms with Gasteiger partial charge in [-0.1, -0.05) is 26.0 Å². The molecule has 2 aromatic rings. The molecule has 20 heavy (non-hydrogen) atoms. The molecule has 1 atom stereocenters. The van der Waals surface area contributed by atoms with E-state index in [0.717, 1.165) is 5.56 Å². The Balaban J connectivity index is 2.20. The topological polar surface area (TPSA) is 42.2 Å². The lowest BCUT2D eigenvalue weighted by Crippen LogP contribution is -2.31. The molecule has 0 fully saturated rings. The third-order valence-electron chi connectivity index (χ3n) is 3.04. The van der Waals surface area contributed by atoms with E-state index in [1.807, 2.05) is 13.8 Å². The van der Waals surface area contributed by atoms with Crippen LogP contribution in [-0.4, -0.2) is 5.91 Å². The zero-order chi connectivity index (χ0) is 14.7. The number of benzene rings is 1. The standard InChI is InChI=1S/C15H15BrFNO2/c1-9(2)13(10-3-5-11(17)6-4-10)18-15(19)12-7-8-20-14(12)16/h3-9,13H,1-2H3,(H,18,19). The summed E-state index contributed by atoms with van der Waals surface area (Å²) in [7, 11) is 0. The fourth-order valence-corrected chi connectivity index (χ4v) is 2.40. The fourth-order valence-electron chi connectivity index (χ4n) is 1.98. The molecule has 0 radical (unpaired) electrons. The van der Waals surface area contributed by atoms with Gasteiger partial charge >= 0.3 is 0 Å². The molecule has 0 bridgehead atoms. The highest BCUT2D eigenvalue weighted by Crippen LogP contribution is 2.24. The van der Waals surface area contributed by atoms with Crippen LogP contribution in [0.25, 0.3) is 0 Å². The van der Waals surface area contributed by atoms with E-state index in [4.69, 9.17) is 4.42 Å². The van der Waals surface area contributed by atoms with Gasteiger partial charge in [-0.3, -0.25) is 4.79 Å². The normalized spacial score (nSPS) is 12.4. The van der Waals surface area contributed by atoms with E-state index in [0.29, 0.717) is 10.2 Å². The van der Waals surface area contributed by atoms with Crippen LogP contribution in [0.15, 0.2) is 45.7 Å². The second-order valence-electron chi connectivity index (χ2n) is 4.85. The molecule has 0 aliphatic carbocycles. The van der Waals surface area contributed by atoms with E-state index in [9.17, 15) is 9.18 Å². The van der Waals surface area contributed by atoms with E-state index in [2.05, 4.69) is 21.2 Å². The summed E-state index contributed by atoms with van der Waals surface area (Å²) in [6.45, 7) is 4.00. The number of nitrogens with one attached hydrogen (secondary N) is 1. The summed E-state index contributed by atoms with van der Waals surface area (Å²) < 4.78 is 18.4. The lowest BCUT2D eigenvalue weighted by Gasteiger charge is -2.22. The molecule has 3 nitrogen and oxygen atoms in total. The highest BCUT2D eigenvalue weighted by Gasteiger charge is 2.21. The molecule has 0 saturated carbocycles. The average Bonchev–Trinajstić information content (AvgIpc) is 2.83. The molecule has 1 aromatic heterocycles. The van der Waals surface area contributed by atoms with E-state index < -0.39 is 0 Å². The minimum absolute atomic E-state index is 0.176. The Morgan fingerprint density at radius 1 is 1.25 bits per heavy atom. The number of furan rings is 1. The van der Waals surface area contributed by atoms with Gasteiger partial charge in [-0.05, 0) is 45.6 Å². The minimum Gasteiger partial charge on any atom is -0.457 e. The van der Waals surface area contributed by atoms with Gasteiger partial charge < -0.3 is 9.73 Å². The van der Waals surface area contributed by atoms with E-state index >= 15 is 0 Å². The predicted molar refractivity (Wildman–Crippen MR) is 77.9 cm³/mol. The first-order valence-electron chi connectivity index (χ1n) is 6.28. The highest BCUT2D eigenvalue weighted by molar-refractivity contribution is 9.10. The maximum atomic E-state index is 13.0. The van der Waals surface area contributed by atoms with Gasteiger partial charge in [0.25, 0.3) is 5.91 Å². The number of hydrogen-bond acceptors (Lipinski definition) is 2. The largest absolute Gasteiger partial charge is 0.457 e. The molecular formula is C15H15BrFNO2. The van der Waals surface area contributed by atoms with Crippen LogP contribution in [0.3, 0.4) is 0 Å². The maximum Gasteiger partial charge on any atom is 0.256 e. The van der Waals surface area contributed by atoms with Crippen LogP contribution in [0.1, 0.15) is 35.8 Å². The molecule has 0 spiro atoms. The first-order valence-corrected chi connectivity index (χ1v) is 7.07. The second kappa shape index (κ2) is 6.22. The van der Waals surface area contributed by atoms with E-state index in [1.54, 1.807) is 18.2 Å². The Hall–Kier alpha value is -1.62. The number of carbonyl (C=O) groups excluding carboxylic acids is 1. The van der Waals surface area contributed by atoms with Crippen molar-refractivity contribution in [3.05, 3.63) is 58.2 Å². The van der Waals surface area contributed by atoms with Crippen molar-refractivity contribution in [1.29, 1.82) is 0 Å². The number of rotatable bonds is 4. The summed E-state index contributed by atoms with van der Waals surface area (Å²) >= 11 is 3.18. The zero-order valence-corrected chi connectivity index (χ0v) is 12.8. The third kappa shape index (κ3) is 3.28. The molecule has 1 aromatic carbocycles. The van der Waals surface area contributed by atoms with Crippen LogP contribution in [-0.2, 0) is 0 Å². The molecule has 0 aliphatic rings. The van der Waals surface area contributed by atoms with Crippen molar-refractivity contribution in [3.8, 4) is 0 Å². The van der Waals surface area contributed by atoms with Crippen molar-refractivity contribution in [2.45, 2.75) is 19.9 Å². The summed E-state index contributed by atoms with van der Waals surface area (Å²) in [5, 5.41) is 2.94. The summed E-state index contributed by atoms with van der Waals surface area (Å²) in [5.41, 5.74) is 1.31. The van der Waals surface area contributed by atoms with E-state index in [1.165, 1.54) is 18.4 Å². The molecule has 1 heterocycles. The Bertz CT molecular complexity index is 592. The summed E-state index contributed by atoms with van der Waals surface area (Å²) in [4.78, 5) is 12.2. The molecule has 106 valence electrons. The Morgan fingerprint density at radius 3 is 2.40 bits per heavy atom. The number of carbonyl (C=O) groups is 1. The summed E-state index contributed by atoms with van der Waals surface area (Å²) in [6.07, 6.45) is 1.45. The average molecular weight is 340 g/mol. The molecule has 5 heteroatoms. The van der Waals surface area contributed by atoms with Crippen molar-refractivity contribution in [3.63, 3.8) is 0 Å². The van der Waals surface area contributed by atoms with Crippen molar-refractivity contribution in [2.24, 2.45) is 5.92 Å². The van der Waals surface area contributed by atoms with Crippen molar-refractivity contribution in [2.75, 3.05) is 0 Å². The lowest BCUT2D eigenvalue weighted by molar-refractivity contribution is 0.0924. The second-order valence-corrected chi connectivity index (χ2v) is 5.57. The number of amides is 1. The lowest BCUT2D eigenvalue weighted by atomic mass is 9.95. The van der Waals surface area contributed by atoms with Crippen LogP contribution in [0, 0.1) is 11.7 Å². The third-order valence-corrected chi connectivity index (χ3v) is 3.66. The van der Waals surface area contributed by atoms with Gasteiger partial charge in [0.2, 0.25) is 0 Å². The van der Waals surface area contributed by atoms with Crippen LogP contribution >= 0.6 is 15.9 Å². The van der Waals surface area contributed by atoms with Gasteiger partial charge in [0, 0.05) is 0 Å². The van der Waals surface area contributed by atoms with Gasteiger partial charge in [-0.15, -0.1) is 0 Å². The van der Waals surface area contributed by atoms with E-state index in [-0.39, 0.29) is 23.7 Å². The first-order chi connectivity index (χ1) is 9.49. The minimum atomic E-state index is -0.292. The number of hydrogen-bond donors (Lipinski definition) is 1. The molecule has 0 saturated heterocycles. The summed E-state index contributed by atoms with van der Waals surface area (Å²) in [5.74, 6) is -0.344. The monoisotopic (exact) mass is 339 g/mol. The summed E-state index contributed by atoms with van der Waals surface area (Å²) in [6, 6.07) is 7.57. The predicted octanol–water partition coefficient (Wildman–Crippen LogP) is 4.31.